The fraction of sp³-hybridized carbons (Fsp3) is 0.519. The van der Waals surface area contributed by atoms with Gasteiger partial charge < -0.3 is 9.57 Å². The van der Waals surface area contributed by atoms with Crippen LogP contribution in [-0.4, -0.2) is 33.2 Å². The predicted molar refractivity (Wildman–Crippen MR) is 136 cm³/mol. The number of nitrogens with zero attached hydrogens (tertiary/aromatic N) is 3. The minimum Gasteiger partial charge on any atom is -0.460 e. The van der Waals surface area contributed by atoms with Crippen LogP contribution in [0.1, 0.15) is 79.7 Å². The molecule has 9 heteroatoms. The van der Waals surface area contributed by atoms with E-state index >= 15 is 0 Å². The Morgan fingerprint density at radius 2 is 1.92 bits per heavy atom. The maximum atomic E-state index is 14.0. The highest BCUT2D eigenvalue weighted by molar-refractivity contribution is 5.97. The van der Waals surface area contributed by atoms with Gasteiger partial charge in [-0.1, -0.05) is 6.58 Å². The molecule has 1 aromatic carbocycles. The summed E-state index contributed by atoms with van der Waals surface area (Å²) in [6.45, 7) is 15.8. The normalized spacial score (nSPS) is 15.4. The van der Waals surface area contributed by atoms with E-state index in [1.165, 1.54) is 0 Å². The summed E-state index contributed by atoms with van der Waals surface area (Å²) in [5.74, 6) is 2.59. The van der Waals surface area contributed by atoms with Crippen LogP contribution in [0, 0.1) is 13.8 Å². The van der Waals surface area contributed by atoms with E-state index in [2.05, 4.69) is 16.7 Å². The van der Waals surface area contributed by atoms with Gasteiger partial charge in [-0.15, -0.1) is 0 Å². The van der Waals surface area contributed by atoms with Gasteiger partial charge >= 0.3 is 5.97 Å². The molecular formula is C27H36F2N4O3. The van der Waals surface area contributed by atoms with E-state index < -0.39 is 11.5 Å². The number of carbonyl (C=O) groups excluding carboxylic acids is 1. The molecule has 1 heterocycles. The number of fused-ring (bicyclic) bond motifs is 1. The fourth-order valence-corrected chi connectivity index (χ4v) is 4.57. The highest BCUT2D eigenvalue weighted by Gasteiger charge is 2.38. The molecule has 1 aliphatic rings. The second-order valence-electron chi connectivity index (χ2n) is 10.3. The number of ether oxygens (including phenoxy) is 1. The van der Waals surface area contributed by atoms with E-state index in [1.54, 1.807) is 4.68 Å². The van der Waals surface area contributed by atoms with Gasteiger partial charge in [0.2, 0.25) is 0 Å². The van der Waals surface area contributed by atoms with Gasteiger partial charge in [-0.3, -0.25) is 9.48 Å². The van der Waals surface area contributed by atoms with Crippen LogP contribution in [0.4, 0.5) is 8.78 Å². The molecule has 3 rings (SSSR count). The molecule has 0 fully saturated rings. The molecule has 0 atom stereocenters. The van der Waals surface area contributed by atoms with Crippen molar-refractivity contribution in [1.29, 1.82) is 0 Å². The largest absolute Gasteiger partial charge is 0.460 e. The number of esters is 1. The van der Waals surface area contributed by atoms with Gasteiger partial charge in [0, 0.05) is 36.2 Å². The number of nitrogens with two attached hydrogens (primary N) is 1. The second-order valence-corrected chi connectivity index (χ2v) is 10.3. The molecule has 0 unspecified atom stereocenters. The molecule has 196 valence electrons. The van der Waals surface area contributed by atoms with Crippen LogP contribution >= 0.6 is 0 Å². The Morgan fingerprint density at radius 3 is 2.47 bits per heavy atom. The highest BCUT2D eigenvalue weighted by atomic mass is 19.3. The average molecular weight is 503 g/mol. The van der Waals surface area contributed by atoms with Crippen molar-refractivity contribution in [3.05, 3.63) is 57.9 Å². The van der Waals surface area contributed by atoms with Crippen molar-refractivity contribution in [2.75, 3.05) is 0 Å². The number of halogens is 2. The van der Waals surface area contributed by atoms with Crippen LogP contribution in [0.15, 0.2) is 23.7 Å². The number of benzene rings is 1. The third-order valence-electron chi connectivity index (χ3n) is 6.21. The average Bonchev–Trinajstić information content (AvgIpc) is 3.11. The van der Waals surface area contributed by atoms with Crippen molar-refractivity contribution >= 4 is 17.6 Å². The first-order chi connectivity index (χ1) is 16.7. The summed E-state index contributed by atoms with van der Waals surface area (Å²) in [5, 5.41) is 4.47. The lowest BCUT2D eigenvalue weighted by Crippen LogP contribution is -2.28. The van der Waals surface area contributed by atoms with Crippen LogP contribution in [0.5, 0.6) is 0 Å². The van der Waals surface area contributed by atoms with Crippen LogP contribution in [0.3, 0.4) is 0 Å². The van der Waals surface area contributed by atoms with Gasteiger partial charge in [-0.2, -0.15) is 11.0 Å². The van der Waals surface area contributed by atoms with Gasteiger partial charge in [0.25, 0.3) is 11.8 Å². The summed E-state index contributed by atoms with van der Waals surface area (Å²) in [6.07, 6.45) is 0.379. The summed E-state index contributed by atoms with van der Waals surface area (Å²) in [4.78, 5) is 21.7. The summed E-state index contributed by atoms with van der Waals surface area (Å²) >= 11 is 0. The molecule has 0 saturated carbocycles. The van der Waals surface area contributed by atoms with E-state index in [9.17, 15) is 13.6 Å². The second kappa shape index (κ2) is 10.5. The maximum absolute atomic E-state index is 14.0. The Labute approximate surface area is 211 Å². The minimum absolute atomic E-state index is 0.0398. The first kappa shape index (κ1) is 27.5. The van der Waals surface area contributed by atoms with Crippen molar-refractivity contribution in [1.82, 2.24) is 9.78 Å². The molecule has 0 bridgehead atoms. The molecule has 2 aromatic rings. The van der Waals surface area contributed by atoms with E-state index in [0.29, 0.717) is 35.6 Å². The van der Waals surface area contributed by atoms with Crippen molar-refractivity contribution in [3.63, 3.8) is 0 Å². The van der Waals surface area contributed by atoms with Gasteiger partial charge in [-0.05, 0) is 83.2 Å². The lowest BCUT2D eigenvalue weighted by atomic mass is 9.92. The predicted octanol–water partition coefficient (Wildman–Crippen LogP) is 5.23. The van der Waals surface area contributed by atoms with Gasteiger partial charge in [0.15, 0.2) is 5.69 Å². The zero-order chi connectivity index (χ0) is 26.8. The van der Waals surface area contributed by atoms with Crippen LogP contribution < -0.4 is 5.90 Å². The van der Waals surface area contributed by atoms with E-state index in [4.69, 9.17) is 15.5 Å². The summed E-state index contributed by atoms with van der Waals surface area (Å²) in [6, 6.07) is 3.89. The Hall–Kier alpha value is -3.07. The van der Waals surface area contributed by atoms with Gasteiger partial charge in [-0.25, -0.2) is 13.8 Å². The third kappa shape index (κ3) is 6.37. The molecular weight excluding hydrogens is 466 g/mol. The molecule has 0 saturated heterocycles. The standard InChI is InChI=1S/C27H36F2N4O3/c1-8-33-22-15-27(28,29)12-11-21(22)24(32-33)25(36-30)31-18(4)19-13-16(2)20(17(3)14-19)9-10-23(34)35-26(5,6)7/h13-14H,4,8-12,15,30H2,1-3,5-7H3/b31-25-. The number of hydrogen-bond donors (Lipinski definition) is 1. The number of aliphatic imine (C=N–C) groups is 1. The van der Waals surface area contributed by atoms with E-state index in [1.807, 2.05) is 53.7 Å². The number of aromatic nitrogens is 2. The van der Waals surface area contributed by atoms with Crippen LogP contribution in [0.2, 0.25) is 0 Å². The zero-order valence-electron chi connectivity index (χ0n) is 22.0. The highest BCUT2D eigenvalue weighted by Crippen LogP contribution is 2.35. The SMILES string of the molecule is C=C(/N=C(\ON)c1nn(CC)c2c1CCC(F)(F)C2)c1cc(C)c(CCC(=O)OC(C)(C)C)c(C)c1. The number of rotatable bonds is 7. The maximum Gasteiger partial charge on any atom is 0.306 e. The quantitative estimate of drug-likeness (QED) is 0.242. The number of carbonyl (C=O) groups is 1. The first-order valence-corrected chi connectivity index (χ1v) is 12.2. The first-order valence-electron chi connectivity index (χ1n) is 12.2. The van der Waals surface area contributed by atoms with Crippen molar-refractivity contribution in [3.8, 4) is 0 Å². The molecule has 1 aliphatic carbocycles. The Kier molecular flexibility index (Phi) is 8.03. The lowest BCUT2D eigenvalue weighted by Gasteiger charge is -2.23. The monoisotopic (exact) mass is 502 g/mol. The molecule has 36 heavy (non-hydrogen) atoms. The molecule has 2 N–H and O–H groups in total. The Bertz CT molecular complexity index is 1170. The van der Waals surface area contributed by atoms with Crippen molar-refractivity contribution in [2.45, 2.75) is 91.7 Å². The number of hydrogen-bond acceptors (Lipinski definition) is 6. The molecule has 0 aliphatic heterocycles. The molecule has 7 nitrogen and oxygen atoms in total. The minimum atomic E-state index is -2.76. The van der Waals surface area contributed by atoms with E-state index in [0.717, 1.165) is 22.3 Å². The zero-order valence-corrected chi connectivity index (χ0v) is 22.0. The number of alkyl halides is 2. The molecule has 0 spiro atoms. The van der Waals surface area contributed by atoms with Crippen LogP contribution in [0.25, 0.3) is 5.70 Å². The van der Waals surface area contributed by atoms with Crippen LogP contribution in [-0.2, 0) is 40.2 Å². The van der Waals surface area contributed by atoms with Crippen molar-refractivity contribution < 1.29 is 23.1 Å². The molecule has 0 amide bonds. The van der Waals surface area contributed by atoms with Crippen molar-refractivity contribution in [2.24, 2.45) is 10.9 Å². The van der Waals surface area contributed by atoms with E-state index in [-0.39, 0.29) is 37.6 Å². The van der Waals surface area contributed by atoms with Gasteiger partial charge in [0.1, 0.15) is 5.60 Å². The van der Waals surface area contributed by atoms with Gasteiger partial charge in [0.05, 0.1) is 12.1 Å². The fourth-order valence-electron chi connectivity index (χ4n) is 4.57. The summed E-state index contributed by atoms with van der Waals surface area (Å²) < 4.78 is 35.0. The summed E-state index contributed by atoms with van der Waals surface area (Å²) in [7, 11) is 0. The Morgan fingerprint density at radius 1 is 1.28 bits per heavy atom. The molecule has 1 aromatic heterocycles. The lowest BCUT2D eigenvalue weighted by molar-refractivity contribution is -0.154. The number of aryl methyl sites for hydroxylation is 3. The molecule has 0 radical (unpaired) electrons. The Balaban J connectivity index is 1.85. The third-order valence-corrected chi connectivity index (χ3v) is 6.21. The summed E-state index contributed by atoms with van der Waals surface area (Å²) in [5.41, 5.74) is 5.24. The smallest absolute Gasteiger partial charge is 0.306 e. The topological polar surface area (TPSA) is 91.7 Å².